The Hall–Kier alpha value is -1.30. The minimum absolute atomic E-state index is 0.0450. The fourth-order valence-electron chi connectivity index (χ4n) is 2.25. The third-order valence-corrected chi connectivity index (χ3v) is 3.81. The summed E-state index contributed by atoms with van der Waals surface area (Å²) in [5.41, 5.74) is 5.75. The van der Waals surface area contributed by atoms with E-state index in [2.05, 4.69) is 10.5 Å². The van der Waals surface area contributed by atoms with Crippen LogP contribution in [0, 0.1) is 6.92 Å². The summed E-state index contributed by atoms with van der Waals surface area (Å²) in [6, 6.07) is 1.88. The van der Waals surface area contributed by atoms with Gasteiger partial charge >= 0.3 is 0 Å². The molecule has 0 spiro atoms. The highest BCUT2D eigenvalue weighted by atomic mass is 35.5. The van der Waals surface area contributed by atoms with Crippen molar-refractivity contribution in [2.75, 3.05) is 0 Å². The highest BCUT2D eigenvalue weighted by molar-refractivity contribution is 6.31. The third kappa shape index (κ3) is 2.68. The van der Waals surface area contributed by atoms with E-state index in [0.29, 0.717) is 6.42 Å². The Bertz CT molecular complexity index is 561. The van der Waals surface area contributed by atoms with Gasteiger partial charge in [-0.2, -0.15) is 5.10 Å². The second kappa shape index (κ2) is 5.77. The lowest BCUT2D eigenvalue weighted by atomic mass is 10.0. The Balaban J connectivity index is 2.29. The number of hydrogen-bond acceptors (Lipinski definition) is 4. The molecular formula is C13H19ClN4O. The van der Waals surface area contributed by atoms with Crippen LogP contribution in [0.5, 0.6) is 0 Å². The largest absolute Gasteiger partial charge is 0.469 e. The van der Waals surface area contributed by atoms with Crippen molar-refractivity contribution in [3.63, 3.8) is 0 Å². The monoisotopic (exact) mass is 282 g/mol. The van der Waals surface area contributed by atoms with E-state index in [9.17, 15) is 0 Å². The normalized spacial score (nSPS) is 12.9. The number of hydrazine groups is 1. The van der Waals surface area contributed by atoms with Gasteiger partial charge in [0.1, 0.15) is 5.76 Å². The fraction of sp³-hybridized carbons (Fsp3) is 0.462. The Morgan fingerprint density at radius 1 is 1.58 bits per heavy atom. The molecule has 1 atom stereocenters. The van der Waals surface area contributed by atoms with Crippen molar-refractivity contribution < 1.29 is 4.42 Å². The van der Waals surface area contributed by atoms with E-state index < -0.39 is 0 Å². The minimum Gasteiger partial charge on any atom is -0.469 e. The van der Waals surface area contributed by atoms with Gasteiger partial charge in [-0.3, -0.25) is 16.0 Å². The Kier molecular flexibility index (Phi) is 4.29. The zero-order valence-corrected chi connectivity index (χ0v) is 12.2. The number of aryl methyl sites for hydroxylation is 3. The summed E-state index contributed by atoms with van der Waals surface area (Å²) >= 11 is 6.36. The van der Waals surface area contributed by atoms with Crippen LogP contribution in [-0.2, 0) is 19.9 Å². The molecule has 2 heterocycles. The zero-order chi connectivity index (χ0) is 14.0. The van der Waals surface area contributed by atoms with Crippen molar-refractivity contribution in [1.82, 2.24) is 15.2 Å². The molecule has 0 saturated heterocycles. The third-order valence-electron chi connectivity index (χ3n) is 3.38. The molecule has 0 bridgehead atoms. The molecule has 0 aromatic carbocycles. The second-order valence-corrected chi connectivity index (χ2v) is 4.92. The summed E-state index contributed by atoms with van der Waals surface area (Å²) in [5.74, 6) is 6.51. The van der Waals surface area contributed by atoms with Crippen molar-refractivity contribution in [3.8, 4) is 0 Å². The maximum atomic E-state index is 6.36. The van der Waals surface area contributed by atoms with Crippen LogP contribution in [-0.4, -0.2) is 9.78 Å². The zero-order valence-electron chi connectivity index (χ0n) is 11.4. The smallest absolute Gasteiger partial charge is 0.105 e. The molecule has 0 aliphatic heterocycles. The van der Waals surface area contributed by atoms with Gasteiger partial charge < -0.3 is 4.42 Å². The number of nitrogens with one attached hydrogen (secondary N) is 1. The van der Waals surface area contributed by atoms with E-state index in [-0.39, 0.29) is 6.04 Å². The van der Waals surface area contributed by atoms with E-state index >= 15 is 0 Å². The van der Waals surface area contributed by atoms with Crippen molar-refractivity contribution in [1.29, 1.82) is 0 Å². The lowest BCUT2D eigenvalue weighted by Crippen LogP contribution is -2.30. The molecule has 19 heavy (non-hydrogen) atoms. The van der Waals surface area contributed by atoms with Gasteiger partial charge in [-0.05, 0) is 19.4 Å². The van der Waals surface area contributed by atoms with Gasteiger partial charge in [0.05, 0.1) is 28.7 Å². The number of halogens is 1. The summed E-state index contributed by atoms with van der Waals surface area (Å²) in [7, 11) is 1.90. The molecule has 2 aromatic heterocycles. The van der Waals surface area contributed by atoms with Gasteiger partial charge in [0.2, 0.25) is 0 Å². The van der Waals surface area contributed by atoms with Gasteiger partial charge in [-0.15, -0.1) is 0 Å². The van der Waals surface area contributed by atoms with Crippen molar-refractivity contribution in [2.45, 2.75) is 32.7 Å². The summed E-state index contributed by atoms with van der Waals surface area (Å²) in [4.78, 5) is 0. The number of aromatic nitrogens is 2. The Labute approximate surface area is 117 Å². The van der Waals surface area contributed by atoms with Gasteiger partial charge in [-0.1, -0.05) is 18.5 Å². The highest BCUT2D eigenvalue weighted by Gasteiger charge is 2.20. The van der Waals surface area contributed by atoms with Crippen LogP contribution >= 0.6 is 11.6 Å². The molecule has 1 unspecified atom stereocenters. The Morgan fingerprint density at radius 2 is 2.32 bits per heavy atom. The van der Waals surface area contributed by atoms with E-state index in [4.69, 9.17) is 21.9 Å². The summed E-state index contributed by atoms with van der Waals surface area (Å²) < 4.78 is 7.14. The predicted molar refractivity (Wildman–Crippen MR) is 74.8 cm³/mol. The summed E-state index contributed by atoms with van der Waals surface area (Å²) in [6.07, 6.45) is 3.15. The van der Waals surface area contributed by atoms with Crippen LogP contribution in [0.25, 0.3) is 0 Å². The first-order chi connectivity index (χ1) is 9.08. The van der Waals surface area contributed by atoms with Crippen LogP contribution in [0.15, 0.2) is 16.7 Å². The molecule has 104 valence electrons. The topological polar surface area (TPSA) is 69.0 Å². The van der Waals surface area contributed by atoms with Crippen molar-refractivity contribution >= 4 is 11.6 Å². The number of rotatable bonds is 5. The standard InChI is InChI=1S/C13H19ClN4O/c1-4-10-13(14)12(18(3)17-10)7-11(16-15)9-5-6-19-8(9)2/h5-6,11,16H,4,7,15H2,1-3H3. The predicted octanol–water partition coefficient (Wildman–Crippen LogP) is 2.28. The van der Waals surface area contributed by atoms with E-state index in [1.807, 2.05) is 31.6 Å². The molecule has 0 aliphatic carbocycles. The number of nitrogens with two attached hydrogens (primary N) is 1. The number of furan rings is 1. The highest BCUT2D eigenvalue weighted by Crippen LogP contribution is 2.27. The van der Waals surface area contributed by atoms with Gasteiger partial charge in [-0.25, -0.2) is 0 Å². The molecule has 5 nitrogen and oxygen atoms in total. The number of nitrogens with zero attached hydrogens (tertiary/aromatic N) is 2. The second-order valence-electron chi connectivity index (χ2n) is 4.54. The van der Waals surface area contributed by atoms with Crippen LogP contribution in [0.1, 0.15) is 35.7 Å². The molecule has 2 aromatic rings. The van der Waals surface area contributed by atoms with E-state index in [1.54, 1.807) is 6.26 Å². The molecule has 0 radical (unpaired) electrons. The van der Waals surface area contributed by atoms with Crippen LogP contribution in [0.2, 0.25) is 5.02 Å². The fourth-order valence-corrected chi connectivity index (χ4v) is 2.62. The quantitative estimate of drug-likeness (QED) is 0.652. The van der Waals surface area contributed by atoms with E-state index in [1.165, 1.54) is 0 Å². The number of hydrogen-bond donors (Lipinski definition) is 2. The Morgan fingerprint density at radius 3 is 2.79 bits per heavy atom. The van der Waals surface area contributed by atoms with Gasteiger partial charge in [0, 0.05) is 19.0 Å². The molecule has 3 N–H and O–H groups in total. The average molecular weight is 283 g/mol. The average Bonchev–Trinajstić information content (AvgIpc) is 2.93. The first-order valence-electron chi connectivity index (χ1n) is 6.28. The van der Waals surface area contributed by atoms with Crippen LogP contribution < -0.4 is 11.3 Å². The molecule has 2 rings (SSSR count). The summed E-state index contributed by atoms with van der Waals surface area (Å²) in [6.45, 7) is 3.96. The maximum Gasteiger partial charge on any atom is 0.105 e. The lowest BCUT2D eigenvalue weighted by Gasteiger charge is -2.15. The van der Waals surface area contributed by atoms with Crippen LogP contribution in [0.3, 0.4) is 0 Å². The van der Waals surface area contributed by atoms with Crippen molar-refractivity contribution in [2.24, 2.45) is 12.9 Å². The first kappa shape index (κ1) is 14.1. The molecular weight excluding hydrogens is 264 g/mol. The molecule has 0 fully saturated rings. The van der Waals surface area contributed by atoms with E-state index in [0.717, 1.165) is 34.2 Å². The van der Waals surface area contributed by atoms with Gasteiger partial charge in [0.25, 0.3) is 0 Å². The molecule has 0 amide bonds. The molecule has 0 saturated carbocycles. The first-order valence-corrected chi connectivity index (χ1v) is 6.66. The van der Waals surface area contributed by atoms with Crippen molar-refractivity contribution in [3.05, 3.63) is 40.1 Å². The van der Waals surface area contributed by atoms with Gasteiger partial charge in [0.15, 0.2) is 0 Å². The minimum atomic E-state index is -0.0450. The lowest BCUT2D eigenvalue weighted by molar-refractivity contribution is 0.494. The maximum absolute atomic E-state index is 6.36. The molecule has 6 heteroatoms. The molecule has 0 aliphatic rings. The SMILES string of the molecule is CCc1nn(C)c(CC(NN)c2ccoc2C)c1Cl. The summed E-state index contributed by atoms with van der Waals surface area (Å²) in [5, 5.41) is 5.14. The van der Waals surface area contributed by atoms with Crippen LogP contribution in [0.4, 0.5) is 0 Å².